The van der Waals surface area contributed by atoms with Gasteiger partial charge in [-0.3, -0.25) is 0 Å². The van der Waals surface area contributed by atoms with Gasteiger partial charge in [-0.05, 0) is 44.0 Å². The summed E-state index contributed by atoms with van der Waals surface area (Å²) in [5.41, 5.74) is 0. The van der Waals surface area contributed by atoms with Crippen LogP contribution in [-0.2, 0) is 13.6 Å². The molecule has 6 nitrogen and oxygen atoms in total. The van der Waals surface area contributed by atoms with Crippen LogP contribution in [0.1, 0.15) is 37.3 Å². The molecular weight excluding hydrogens is 380 g/mol. The van der Waals surface area contributed by atoms with Crippen LogP contribution in [0.4, 0.5) is 0 Å². The first kappa shape index (κ1) is 20.0. The quantitative estimate of drug-likeness (QED) is 0.318. The molecule has 0 aliphatic heterocycles. The van der Waals surface area contributed by atoms with E-state index in [0.29, 0.717) is 12.6 Å². The Hall–Kier alpha value is -1.73. The van der Waals surface area contributed by atoms with E-state index in [1.165, 1.54) is 30.6 Å². The molecule has 1 heterocycles. The molecule has 1 aliphatic rings. The van der Waals surface area contributed by atoms with E-state index in [-0.39, 0.29) is 0 Å². The molecule has 1 saturated carbocycles. The minimum atomic E-state index is 0.515. The summed E-state index contributed by atoms with van der Waals surface area (Å²) in [4.78, 5) is 5.95. The number of thioether (sulfide) groups is 1. The zero-order valence-corrected chi connectivity index (χ0v) is 17.5. The van der Waals surface area contributed by atoms with E-state index in [4.69, 9.17) is 16.6 Å². The van der Waals surface area contributed by atoms with Crippen molar-refractivity contribution in [3.8, 4) is 0 Å². The monoisotopic (exact) mass is 406 g/mol. The first-order valence-corrected chi connectivity index (χ1v) is 10.8. The fourth-order valence-corrected chi connectivity index (χ4v) is 3.92. The maximum absolute atomic E-state index is 5.94. The van der Waals surface area contributed by atoms with Gasteiger partial charge in [0.1, 0.15) is 12.4 Å². The second-order valence-corrected chi connectivity index (χ2v) is 8.35. The van der Waals surface area contributed by atoms with E-state index in [1.54, 1.807) is 11.8 Å². The minimum absolute atomic E-state index is 0.515. The lowest BCUT2D eigenvalue weighted by molar-refractivity contribution is 0.612. The molecule has 2 N–H and O–H groups in total. The second-order valence-electron chi connectivity index (χ2n) is 6.74. The summed E-state index contributed by atoms with van der Waals surface area (Å²) in [6, 6.07) is 8.47. The number of hydrogen-bond acceptors (Lipinski definition) is 4. The van der Waals surface area contributed by atoms with E-state index >= 15 is 0 Å². The van der Waals surface area contributed by atoms with Crippen molar-refractivity contribution in [1.29, 1.82) is 0 Å². The molecule has 0 bridgehead atoms. The minimum Gasteiger partial charge on any atom is -0.356 e. The third-order valence-corrected chi connectivity index (χ3v) is 6.00. The lowest BCUT2D eigenvalue weighted by atomic mass is 10.2. The van der Waals surface area contributed by atoms with Crippen LogP contribution in [0.2, 0.25) is 5.02 Å². The molecule has 3 rings (SSSR count). The third kappa shape index (κ3) is 6.14. The third-order valence-electron chi connectivity index (χ3n) is 4.73. The van der Waals surface area contributed by atoms with Gasteiger partial charge in [-0.1, -0.05) is 24.4 Å². The van der Waals surface area contributed by atoms with Crippen molar-refractivity contribution in [2.24, 2.45) is 12.0 Å². The number of rotatable bonds is 7. The molecule has 0 amide bonds. The number of benzene rings is 1. The summed E-state index contributed by atoms with van der Waals surface area (Å²) in [6.07, 6.45) is 5.01. The Bertz CT molecular complexity index is 752. The number of aromatic nitrogens is 3. The molecule has 2 aromatic rings. The Kier molecular flexibility index (Phi) is 7.41. The van der Waals surface area contributed by atoms with Gasteiger partial charge in [0.2, 0.25) is 0 Å². The van der Waals surface area contributed by atoms with E-state index in [1.807, 2.05) is 30.7 Å². The van der Waals surface area contributed by atoms with Gasteiger partial charge in [0.25, 0.3) is 0 Å². The largest absolute Gasteiger partial charge is 0.356 e. The van der Waals surface area contributed by atoms with Crippen LogP contribution in [0.3, 0.4) is 0 Å². The van der Waals surface area contributed by atoms with Crippen molar-refractivity contribution < 1.29 is 0 Å². The van der Waals surface area contributed by atoms with Gasteiger partial charge in [0.05, 0.1) is 0 Å². The Morgan fingerprint density at radius 3 is 2.67 bits per heavy atom. The number of aliphatic imine (C=N–C) groups is 1. The number of hydrogen-bond donors (Lipinski definition) is 2. The molecule has 27 heavy (non-hydrogen) atoms. The van der Waals surface area contributed by atoms with Gasteiger partial charge in [-0.15, -0.1) is 22.0 Å². The Morgan fingerprint density at radius 1 is 1.26 bits per heavy atom. The highest BCUT2D eigenvalue weighted by molar-refractivity contribution is 7.99. The van der Waals surface area contributed by atoms with Crippen LogP contribution in [0.5, 0.6) is 0 Å². The lowest BCUT2D eigenvalue weighted by Gasteiger charge is -2.17. The average Bonchev–Trinajstić information content (AvgIpc) is 3.29. The van der Waals surface area contributed by atoms with Crippen LogP contribution in [0.25, 0.3) is 0 Å². The van der Waals surface area contributed by atoms with Crippen molar-refractivity contribution in [2.75, 3.05) is 12.3 Å². The van der Waals surface area contributed by atoms with Gasteiger partial charge in [-0.25, -0.2) is 4.99 Å². The van der Waals surface area contributed by atoms with Gasteiger partial charge < -0.3 is 15.2 Å². The summed E-state index contributed by atoms with van der Waals surface area (Å²) in [7, 11) is 1.97. The van der Waals surface area contributed by atoms with Crippen molar-refractivity contribution in [3.05, 3.63) is 40.9 Å². The Balaban J connectivity index is 1.53. The standard InChI is InChI=1S/C19H27ClN6S/c1-14-24-25-18(26(14)2)13-22-19(23-16-5-3-4-6-16)21-11-12-27-17-9-7-15(20)8-10-17/h7-10,16H,3-6,11-13H2,1-2H3,(H2,21,22,23). The number of guanidine groups is 1. The number of nitrogens with zero attached hydrogens (tertiary/aromatic N) is 4. The van der Waals surface area contributed by atoms with Crippen LogP contribution < -0.4 is 10.6 Å². The summed E-state index contributed by atoms with van der Waals surface area (Å²) in [5.74, 6) is 3.59. The molecular formula is C19H27ClN6S. The summed E-state index contributed by atoms with van der Waals surface area (Å²) in [6.45, 7) is 3.30. The van der Waals surface area contributed by atoms with Gasteiger partial charge >= 0.3 is 0 Å². The topological polar surface area (TPSA) is 67.1 Å². The van der Waals surface area contributed by atoms with Crippen molar-refractivity contribution in [2.45, 2.75) is 50.1 Å². The second kappa shape index (κ2) is 9.99. The van der Waals surface area contributed by atoms with E-state index < -0.39 is 0 Å². The molecule has 1 aliphatic carbocycles. The van der Waals surface area contributed by atoms with E-state index in [2.05, 4.69) is 33.0 Å². The highest BCUT2D eigenvalue weighted by atomic mass is 35.5. The molecule has 0 spiro atoms. The van der Waals surface area contributed by atoms with Crippen LogP contribution >= 0.6 is 23.4 Å². The zero-order chi connectivity index (χ0) is 19.1. The van der Waals surface area contributed by atoms with Gasteiger partial charge in [0.15, 0.2) is 11.8 Å². The molecule has 146 valence electrons. The fourth-order valence-electron chi connectivity index (χ4n) is 3.02. The highest BCUT2D eigenvalue weighted by Crippen LogP contribution is 2.20. The van der Waals surface area contributed by atoms with Crippen molar-refractivity contribution >= 4 is 29.3 Å². The molecule has 0 unspecified atom stereocenters. The molecule has 8 heteroatoms. The lowest BCUT2D eigenvalue weighted by Crippen LogP contribution is -2.43. The number of nitrogens with one attached hydrogen (secondary N) is 2. The molecule has 1 fully saturated rings. The predicted octanol–water partition coefficient (Wildman–Crippen LogP) is 3.55. The smallest absolute Gasteiger partial charge is 0.191 e. The fraction of sp³-hybridized carbons (Fsp3) is 0.526. The van der Waals surface area contributed by atoms with Crippen LogP contribution in [0.15, 0.2) is 34.2 Å². The molecule has 1 aromatic carbocycles. The first-order chi connectivity index (χ1) is 13.1. The van der Waals surface area contributed by atoms with E-state index in [9.17, 15) is 0 Å². The number of halogens is 1. The van der Waals surface area contributed by atoms with Crippen LogP contribution in [-0.4, -0.2) is 39.1 Å². The zero-order valence-electron chi connectivity index (χ0n) is 15.9. The molecule has 0 radical (unpaired) electrons. The van der Waals surface area contributed by atoms with Crippen molar-refractivity contribution in [1.82, 2.24) is 25.4 Å². The normalized spacial score (nSPS) is 15.3. The summed E-state index contributed by atoms with van der Waals surface area (Å²) < 4.78 is 1.98. The Labute approximate surface area is 170 Å². The number of aryl methyl sites for hydroxylation is 1. The Morgan fingerprint density at radius 2 is 2.00 bits per heavy atom. The maximum atomic E-state index is 5.94. The van der Waals surface area contributed by atoms with Crippen molar-refractivity contribution in [3.63, 3.8) is 0 Å². The molecule has 1 aromatic heterocycles. The van der Waals surface area contributed by atoms with Crippen LogP contribution in [0, 0.1) is 6.92 Å². The highest BCUT2D eigenvalue weighted by Gasteiger charge is 2.16. The molecule has 0 saturated heterocycles. The predicted molar refractivity (Wildman–Crippen MR) is 112 cm³/mol. The SMILES string of the molecule is Cc1nnc(CN=C(NCCSc2ccc(Cl)cc2)NC2CCCC2)n1C. The van der Waals surface area contributed by atoms with Gasteiger partial charge in [-0.2, -0.15) is 0 Å². The average molecular weight is 407 g/mol. The maximum Gasteiger partial charge on any atom is 0.191 e. The summed E-state index contributed by atoms with van der Waals surface area (Å²) >= 11 is 7.74. The van der Waals surface area contributed by atoms with E-state index in [0.717, 1.165) is 34.9 Å². The van der Waals surface area contributed by atoms with Gasteiger partial charge in [0, 0.05) is 35.3 Å². The first-order valence-electron chi connectivity index (χ1n) is 9.40. The molecule has 0 atom stereocenters. The summed E-state index contributed by atoms with van der Waals surface area (Å²) in [5, 5.41) is 16.1.